The highest BCUT2D eigenvalue weighted by Crippen LogP contribution is 2.28. The van der Waals surface area contributed by atoms with E-state index in [2.05, 4.69) is 5.32 Å². The van der Waals surface area contributed by atoms with Crippen LogP contribution in [0.3, 0.4) is 0 Å². The van der Waals surface area contributed by atoms with Gasteiger partial charge in [0.2, 0.25) is 0 Å². The van der Waals surface area contributed by atoms with Gasteiger partial charge in [-0.15, -0.1) is 0 Å². The molecule has 5 aromatic carbocycles. The smallest absolute Gasteiger partial charge is 0.329 e. The lowest BCUT2D eigenvalue weighted by atomic mass is 9.98. The first-order valence-corrected chi connectivity index (χ1v) is 18.1. The van der Waals surface area contributed by atoms with E-state index in [-0.39, 0.29) is 25.5 Å². The molecular weight excluding hydrogens is 665 g/mol. The number of nitrogens with one attached hydrogen (secondary N) is 1. The van der Waals surface area contributed by atoms with E-state index < -0.39 is 29.9 Å². The molecule has 8 nitrogen and oxygen atoms in total. The van der Waals surface area contributed by atoms with Gasteiger partial charge in [-0.1, -0.05) is 141 Å². The molecule has 0 spiro atoms. The van der Waals surface area contributed by atoms with Crippen molar-refractivity contribution < 1.29 is 28.6 Å². The number of hydrogen-bond donors (Lipinski definition) is 1. The summed E-state index contributed by atoms with van der Waals surface area (Å²) in [6, 6.07) is 42.9. The number of aryl methyl sites for hydroxylation is 1. The number of nitrogens with zero attached hydrogens (tertiary/aromatic N) is 1. The van der Waals surface area contributed by atoms with E-state index >= 15 is 0 Å². The van der Waals surface area contributed by atoms with Crippen LogP contribution in [-0.4, -0.2) is 49.1 Å². The fraction of sp³-hybridized carbons (Fsp3) is 0.267. The Kier molecular flexibility index (Phi) is 14.2. The summed E-state index contributed by atoms with van der Waals surface area (Å²) in [6.07, 6.45) is 1.27. The average Bonchev–Trinajstić information content (AvgIpc) is 3.19. The average molecular weight is 713 g/mol. The molecule has 53 heavy (non-hydrogen) atoms. The summed E-state index contributed by atoms with van der Waals surface area (Å²) >= 11 is 0. The molecule has 2 atom stereocenters. The summed E-state index contributed by atoms with van der Waals surface area (Å²) < 4.78 is 17.1. The minimum absolute atomic E-state index is 0.0745. The molecule has 2 amide bonds. The molecule has 0 aliphatic rings. The second-order valence-electron chi connectivity index (χ2n) is 13.5. The topological polar surface area (TPSA) is 94.2 Å². The molecule has 0 saturated heterocycles. The van der Waals surface area contributed by atoms with Crippen LogP contribution in [0.5, 0.6) is 11.5 Å². The van der Waals surface area contributed by atoms with Crippen LogP contribution in [-0.2, 0) is 33.8 Å². The van der Waals surface area contributed by atoms with Crippen LogP contribution in [0, 0.1) is 11.8 Å². The number of carbonyl (C=O) groups excluding carboxylic acids is 3. The lowest BCUT2D eigenvalue weighted by molar-refractivity contribution is -0.147. The molecule has 0 bridgehead atoms. The zero-order chi connectivity index (χ0) is 37.4. The number of ether oxygens (including phenoxy) is 3. The largest absolute Gasteiger partial charge is 0.493 e. The van der Waals surface area contributed by atoms with Gasteiger partial charge in [0.25, 0.3) is 0 Å². The van der Waals surface area contributed by atoms with Gasteiger partial charge >= 0.3 is 18.0 Å². The van der Waals surface area contributed by atoms with E-state index in [0.29, 0.717) is 30.9 Å². The number of amides is 2. The van der Waals surface area contributed by atoms with Crippen molar-refractivity contribution in [3.63, 3.8) is 0 Å². The van der Waals surface area contributed by atoms with Crippen LogP contribution in [0.15, 0.2) is 140 Å². The third-order valence-electron chi connectivity index (χ3n) is 8.86. The summed E-state index contributed by atoms with van der Waals surface area (Å²) in [5.41, 5.74) is 4.91. The van der Waals surface area contributed by atoms with E-state index in [1.165, 1.54) is 7.11 Å². The Morgan fingerprint density at radius 1 is 0.623 bits per heavy atom. The van der Waals surface area contributed by atoms with E-state index in [0.717, 1.165) is 27.8 Å². The van der Waals surface area contributed by atoms with Crippen LogP contribution in [0.25, 0.3) is 11.1 Å². The van der Waals surface area contributed by atoms with E-state index in [9.17, 15) is 14.4 Å². The predicted octanol–water partition coefficient (Wildman–Crippen LogP) is 8.54. The second kappa shape index (κ2) is 19.6. The molecule has 5 aromatic rings. The number of urea groups is 1. The standard InChI is InChI=1S/C45H48N2O6/c1-33(2)30-47(31-39(28-23-34-15-7-4-8-16-34)43(48)53-42-22-14-13-21-41(42)51-3)45(50)46-40(44(49)52-32-36-17-9-5-10-18-36)29-35-24-26-38(27-25-35)37-19-11-6-12-20-37/h4-22,24-27,33,39-40H,23,28-32H2,1-3H3,(H,46,50)/t39?,40-/m0/s1. The summed E-state index contributed by atoms with van der Waals surface area (Å²) in [6.45, 7) is 4.53. The number of esters is 2. The van der Waals surface area contributed by atoms with E-state index in [1.807, 2.05) is 129 Å². The molecule has 0 radical (unpaired) electrons. The molecule has 0 heterocycles. The second-order valence-corrected chi connectivity index (χ2v) is 13.5. The highest BCUT2D eigenvalue weighted by atomic mass is 16.6. The SMILES string of the molecule is COc1ccccc1OC(=O)C(CCc1ccccc1)CN(CC(C)C)C(=O)N[C@@H](Cc1ccc(-c2ccccc2)cc1)C(=O)OCc1ccccc1. The Morgan fingerprint density at radius 3 is 1.81 bits per heavy atom. The maximum atomic E-state index is 14.2. The third kappa shape index (κ3) is 11.8. The summed E-state index contributed by atoms with van der Waals surface area (Å²) in [4.78, 5) is 43.4. The number of hydrogen-bond acceptors (Lipinski definition) is 6. The van der Waals surface area contributed by atoms with E-state index in [1.54, 1.807) is 29.2 Å². The lowest BCUT2D eigenvalue weighted by Crippen LogP contribution is -2.52. The maximum Gasteiger partial charge on any atom is 0.329 e. The van der Waals surface area contributed by atoms with Gasteiger partial charge in [0.1, 0.15) is 12.6 Å². The van der Waals surface area contributed by atoms with Crippen molar-refractivity contribution in [1.82, 2.24) is 10.2 Å². The van der Waals surface area contributed by atoms with Crippen molar-refractivity contribution in [2.75, 3.05) is 20.2 Å². The van der Waals surface area contributed by atoms with Gasteiger partial charge in [-0.25, -0.2) is 9.59 Å². The molecular formula is C45H48N2O6. The third-order valence-corrected chi connectivity index (χ3v) is 8.86. The number of carbonyl (C=O) groups is 3. The quantitative estimate of drug-likeness (QED) is 0.0768. The van der Waals surface area contributed by atoms with Crippen molar-refractivity contribution in [3.8, 4) is 22.6 Å². The fourth-order valence-electron chi connectivity index (χ4n) is 6.07. The van der Waals surface area contributed by atoms with Crippen molar-refractivity contribution in [2.45, 2.75) is 45.8 Å². The first-order valence-electron chi connectivity index (χ1n) is 18.1. The van der Waals surface area contributed by atoms with Crippen molar-refractivity contribution in [2.24, 2.45) is 11.8 Å². The minimum atomic E-state index is -0.980. The summed E-state index contributed by atoms with van der Waals surface area (Å²) in [7, 11) is 1.52. The monoisotopic (exact) mass is 712 g/mol. The van der Waals surface area contributed by atoms with Crippen LogP contribution < -0.4 is 14.8 Å². The molecule has 8 heteroatoms. The van der Waals surface area contributed by atoms with Crippen molar-refractivity contribution in [1.29, 1.82) is 0 Å². The Hall–Kier alpha value is -5.89. The molecule has 0 aliphatic carbocycles. The summed E-state index contributed by atoms with van der Waals surface area (Å²) in [5, 5.41) is 2.98. The van der Waals surface area contributed by atoms with Gasteiger partial charge < -0.3 is 24.4 Å². The minimum Gasteiger partial charge on any atom is -0.493 e. The molecule has 0 aliphatic heterocycles. The first kappa shape index (κ1) is 38.3. The first-order chi connectivity index (χ1) is 25.8. The Labute approximate surface area is 312 Å². The van der Waals surface area contributed by atoms with Crippen molar-refractivity contribution in [3.05, 3.63) is 156 Å². The number of benzene rings is 5. The highest BCUT2D eigenvalue weighted by Gasteiger charge is 2.30. The molecule has 274 valence electrons. The maximum absolute atomic E-state index is 14.2. The van der Waals surface area contributed by atoms with Crippen LogP contribution >= 0.6 is 0 Å². The normalized spacial score (nSPS) is 12.0. The Balaban J connectivity index is 1.37. The fourth-order valence-corrected chi connectivity index (χ4v) is 6.07. The molecule has 1 N–H and O–H groups in total. The van der Waals surface area contributed by atoms with Crippen LogP contribution in [0.2, 0.25) is 0 Å². The van der Waals surface area contributed by atoms with Gasteiger partial charge in [0.05, 0.1) is 13.0 Å². The summed E-state index contributed by atoms with van der Waals surface area (Å²) in [5.74, 6) is -0.857. The number of methoxy groups -OCH3 is 1. The number of para-hydroxylation sites is 2. The Morgan fingerprint density at radius 2 is 1.19 bits per heavy atom. The van der Waals surface area contributed by atoms with Crippen LogP contribution in [0.4, 0.5) is 4.79 Å². The van der Waals surface area contributed by atoms with Crippen LogP contribution in [0.1, 0.15) is 37.0 Å². The Bertz CT molecular complexity index is 1880. The molecule has 5 rings (SSSR count). The zero-order valence-electron chi connectivity index (χ0n) is 30.7. The van der Waals surface area contributed by atoms with E-state index in [4.69, 9.17) is 14.2 Å². The van der Waals surface area contributed by atoms with Gasteiger partial charge in [-0.05, 0) is 58.7 Å². The predicted molar refractivity (Wildman–Crippen MR) is 207 cm³/mol. The molecule has 1 unspecified atom stereocenters. The van der Waals surface area contributed by atoms with Gasteiger partial charge in [0.15, 0.2) is 11.5 Å². The molecule has 0 aromatic heterocycles. The number of rotatable bonds is 17. The lowest BCUT2D eigenvalue weighted by Gasteiger charge is -2.30. The highest BCUT2D eigenvalue weighted by molar-refractivity contribution is 5.84. The molecule has 0 fully saturated rings. The zero-order valence-corrected chi connectivity index (χ0v) is 30.7. The van der Waals surface area contributed by atoms with Gasteiger partial charge in [-0.3, -0.25) is 4.79 Å². The van der Waals surface area contributed by atoms with Crippen molar-refractivity contribution >= 4 is 18.0 Å². The van der Waals surface area contributed by atoms with Gasteiger partial charge in [-0.2, -0.15) is 0 Å². The molecule has 0 saturated carbocycles. The van der Waals surface area contributed by atoms with Gasteiger partial charge in [0, 0.05) is 19.5 Å².